The van der Waals surface area contributed by atoms with Gasteiger partial charge in [-0.2, -0.15) is 15.1 Å². The normalized spacial score (nSPS) is 15.5. The fourth-order valence-corrected chi connectivity index (χ4v) is 3.05. The Morgan fingerprint density at radius 3 is 2.62 bits per heavy atom. The molecule has 3 N–H and O–H groups in total. The summed E-state index contributed by atoms with van der Waals surface area (Å²) in [7, 11) is 3.98. The number of aromatic nitrogens is 5. The number of nitrogens with one attached hydrogen (secondary N) is 1. The van der Waals surface area contributed by atoms with Gasteiger partial charge in [-0.25, -0.2) is 4.98 Å². The smallest absolute Gasteiger partial charge is 0.226 e. The third-order valence-electron chi connectivity index (χ3n) is 4.71. The maximum absolute atomic E-state index is 5.99. The minimum atomic E-state index is 0.425. The molecular formula is C17H23N9. The van der Waals surface area contributed by atoms with Crippen LogP contribution in [0.25, 0.3) is 11.0 Å². The van der Waals surface area contributed by atoms with E-state index in [1.807, 2.05) is 13.2 Å². The Morgan fingerprint density at radius 1 is 1.08 bits per heavy atom. The van der Waals surface area contributed by atoms with Gasteiger partial charge in [0.05, 0.1) is 11.6 Å². The number of hydrogen-bond donors (Lipinski definition) is 2. The van der Waals surface area contributed by atoms with Crippen molar-refractivity contribution in [3.05, 3.63) is 30.1 Å². The SMILES string of the molecule is CN1CCN(c2ccc(CNc3nc(N)c4cnn(C)c4n3)cn2)CC1. The fourth-order valence-electron chi connectivity index (χ4n) is 3.05. The van der Waals surface area contributed by atoms with Crippen LogP contribution in [0, 0.1) is 0 Å². The van der Waals surface area contributed by atoms with Crippen molar-refractivity contribution in [2.45, 2.75) is 6.54 Å². The highest BCUT2D eigenvalue weighted by Crippen LogP contribution is 2.19. The molecule has 3 aromatic rings. The van der Waals surface area contributed by atoms with E-state index < -0.39 is 0 Å². The maximum Gasteiger partial charge on any atom is 0.226 e. The zero-order valence-corrected chi connectivity index (χ0v) is 15.1. The molecule has 0 bridgehead atoms. The van der Waals surface area contributed by atoms with Crippen LogP contribution in [0.5, 0.6) is 0 Å². The van der Waals surface area contributed by atoms with Crippen LogP contribution in [0.4, 0.5) is 17.6 Å². The Labute approximate surface area is 151 Å². The van der Waals surface area contributed by atoms with E-state index in [4.69, 9.17) is 5.73 Å². The van der Waals surface area contributed by atoms with Crippen molar-refractivity contribution >= 4 is 28.6 Å². The highest BCUT2D eigenvalue weighted by atomic mass is 15.3. The van der Waals surface area contributed by atoms with Gasteiger partial charge in [-0.05, 0) is 18.7 Å². The molecule has 4 rings (SSSR count). The van der Waals surface area contributed by atoms with Crippen LogP contribution < -0.4 is 16.0 Å². The quantitative estimate of drug-likeness (QED) is 0.707. The Balaban J connectivity index is 1.42. The lowest BCUT2D eigenvalue weighted by molar-refractivity contribution is 0.312. The lowest BCUT2D eigenvalue weighted by Crippen LogP contribution is -2.44. The van der Waals surface area contributed by atoms with Gasteiger partial charge in [-0.3, -0.25) is 4.68 Å². The second-order valence-corrected chi connectivity index (χ2v) is 6.61. The summed E-state index contributed by atoms with van der Waals surface area (Å²) < 4.78 is 1.69. The zero-order valence-electron chi connectivity index (χ0n) is 15.1. The maximum atomic E-state index is 5.99. The number of rotatable bonds is 4. The molecule has 9 nitrogen and oxygen atoms in total. The fraction of sp³-hybridized carbons (Fsp3) is 0.412. The molecule has 9 heteroatoms. The van der Waals surface area contributed by atoms with E-state index in [0.717, 1.165) is 42.9 Å². The van der Waals surface area contributed by atoms with Crippen LogP contribution in [0.1, 0.15) is 5.56 Å². The summed E-state index contributed by atoms with van der Waals surface area (Å²) in [5.41, 5.74) is 7.76. The molecule has 3 aromatic heterocycles. The monoisotopic (exact) mass is 353 g/mol. The lowest BCUT2D eigenvalue weighted by atomic mass is 10.2. The first kappa shape index (κ1) is 16.5. The number of anilines is 3. The van der Waals surface area contributed by atoms with Gasteiger partial charge in [0.2, 0.25) is 5.95 Å². The van der Waals surface area contributed by atoms with Crippen LogP contribution >= 0.6 is 0 Å². The number of nitrogen functional groups attached to an aromatic ring is 1. The molecule has 136 valence electrons. The van der Waals surface area contributed by atoms with Crippen LogP contribution in [0.15, 0.2) is 24.5 Å². The van der Waals surface area contributed by atoms with Crippen LogP contribution in [0.3, 0.4) is 0 Å². The van der Waals surface area contributed by atoms with Gasteiger partial charge >= 0.3 is 0 Å². The second kappa shape index (κ2) is 6.75. The largest absolute Gasteiger partial charge is 0.383 e. The minimum Gasteiger partial charge on any atom is -0.383 e. The average molecular weight is 353 g/mol. The molecule has 1 aliphatic heterocycles. The summed E-state index contributed by atoms with van der Waals surface area (Å²) in [5.74, 6) is 1.94. The van der Waals surface area contributed by atoms with Crippen LogP contribution in [0.2, 0.25) is 0 Å². The highest BCUT2D eigenvalue weighted by molar-refractivity contribution is 5.86. The van der Waals surface area contributed by atoms with Crippen molar-refractivity contribution in [2.75, 3.05) is 49.2 Å². The van der Waals surface area contributed by atoms with Crippen LogP contribution in [-0.2, 0) is 13.6 Å². The standard InChI is InChI=1S/C17H23N9/c1-24-5-7-26(8-6-24)14-4-3-12(9-19-14)10-20-17-22-15(18)13-11-21-25(2)16(13)23-17/h3-4,9,11H,5-8,10H2,1-2H3,(H3,18,20,22,23). The molecule has 0 spiro atoms. The van der Waals surface area contributed by atoms with Crippen molar-refractivity contribution in [1.29, 1.82) is 0 Å². The number of nitrogens with two attached hydrogens (primary N) is 1. The lowest BCUT2D eigenvalue weighted by Gasteiger charge is -2.33. The third-order valence-corrected chi connectivity index (χ3v) is 4.71. The molecule has 1 aliphatic rings. The Morgan fingerprint density at radius 2 is 1.88 bits per heavy atom. The summed E-state index contributed by atoms with van der Waals surface area (Å²) in [5, 5.41) is 8.14. The van der Waals surface area contributed by atoms with E-state index in [-0.39, 0.29) is 0 Å². The number of fused-ring (bicyclic) bond motifs is 1. The van der Waals surface area contributed by atoms with E-state index in [9.17, 15) is 0 Å². The van der Waals surface area contributed by atoms with E-state index in [0.29, 0.717) is 24.0 Å². The van der Waals surface area contributed by atoms with Crippen molar-refractivity contribution in [3.63, 3.8) is 0 Å². The van der Waals surface area contributed by atoms with Gasteiger partial charge in [0.15, 0.2) is 5.65 Å². The second-order valence-electron chi connectivity index (χ2n) is 6.61. The summed E-state index contributed by atoms with van der Waals surface area (Å²) in [6.07, 6.45) is 3.57. The molecule has 26 heavy (non-hydrogen) atoms. The van der Waals surface area contributed by atoms with Crippen molar-refractivity contribution in [3.8, 4) is 0 Å². The predicted molar refractivity (Wildman–Crippen MR) is 102 cm³/mol. The first-order valence-corrected chi connectivity index (χ1v) is 8.67. The average Bonchev–Trinajstić information content (AvgIpc) is 3.03. The number of piperazine rings is 1. The van der Waals surface area contributed by atoms with E-state index in [1.165, 1.54) is 0 Å². The molecule has 0 radical (unpaired) electrons. The molecule has 1 fully saturated rings. The molecule has 1 saturated heterocycles. The molecule has 0 unspecified atom stereocenters. The predicted octanol–water partition coefficient (Wildman–Crippen LogP) is 0.704. The third kappa shape index (κ3) is 3.25. The molecule has 0 aromatic carbocycles. The number of pyridine rings is 1. The molecular weight excluding hydrogens is 330 g/mol. The van der Waals surface area contributed by atoms with Gasteiger partial charge in [-0.15, -0.1) is 0 Å². The molecule has 4 heterocycles. The first-order chi connectivity index (χ1) is 12.6. The molecule has 0 aliphatic carbocycles. The number of likely N-dealkylation sites (N-methyl/N-ethyl adjacent to an activating group) is 1. The first-order valence-electron chi connectivity index (χ1n) is 8.67. The van der Waals surface area contributed by atoms with E-state index >= 15 is 0 Å². The Bertz CT molecular complexity index is 894. The summed E-state index contributed by atoms with van der Waals surface area (Å²) >= 11 is 0. The van der Waals surface area contributed by atoms with Crippen molar-refractivity contribution in [2.24, 2.45) is 7.05 Å². The van der Waals surface area contributed by atoms with Gasteiger partial charge in [0.25, 0.3) is 0 Å². The van der Waals surface area contributed by atoms with Gasteiger partial charge in [0.1, 0.15) is 11.6 Å². The van der Waals surface area contributed by atoms with Gasteiger partial charge < -0.3 is 20.9 Å². The molecule has 0 atom stereocenters. The number of aryl methyl sites for hydroxylation is 1. The van der Waals surface area contributed by atoms with Crippen LogP contribution in [-0.4, -0.2) is 62.9 Å². The minimum absolute atomic E-state index is 0.425. The summed E-state index contributed by atoms with van der Waals surface area (Å²) in [6.45, 7) is 4.75. The van der Waals surface area contributed by atoms with Gasteiger partial charge in [-0.1, -0.05) is 6.07 Å². The zero-order chi connectivity index (χ0) is 18.1. The molecule has 0 saturated carbocycles. The highest BCUT2D eigenvalue weighted by Gasteiger charge is 2.15. The molecule has 0 amide bonds. The summed E-state index contributed by atoms with van der Waals surface area (Å²) in [4.78, 5) is 18.0. The Kier molecular flexibility index (Phi) is 4.29. The van der Waals surface area contributed by atoms with Gasteiger partial charge in [0, 0.05) is 46.0 Å². The number of nitrogens with zero attached hydrogens (tertiary/aromatic N) is 7. The Hall–Kier alpha value is -2.94. The van der Waals surface area contributed by atoms with E-state index in [2.05, 4.69) is 54.3 Å². The topological polar surface area (TPSA) is 101 Å². The van der Waals surface area contributed by atoms with Crippen molar-refractivity contribution < 1.29 is 0 Å². The number of hydrogen-bond acceptors (Lipinski definition) is 8. The van der Waals surface area contributed by atoms with E-state index in [1.54, 1.807) is 10.9 Å². The van der Waals surface area contributed by atoms with Crippen molar-refractivity contribution in [1.82, 2.24) is 29.6 Å². The summed E-state index contributed by atoms with van der Waals surface area (Å²) in [6, 6.07) is 4.15.